The molecule has 1 nitrogen and oxygen atoms in total. The molecular formula is C11H21Cl2OSi2Ti. The first-order chi connectivity index (χ1) is 6.81. The molecule has 0 aromatic rings. The first-order valence-corrected chi connectivity index (χ1v) is 12.8. The summed E-state index contributed by atoms with van der Waals surface area (Å²) in [5.74, 6) is 0. The summed E-state index contributed by atoms with van der Waals surface area (Å²) in [6.45, 7) is 11.6. The van der Waals surface area contributed by atoms with Crippen molar-refractivity contribution < 1.29 is 49.7 Å². The zero-order chi connectivity index (χ0) is 11.6. The molecule has 0 spiro atoms. The van der Waals surface area contributed by atoms with E-state index in [0.717, 1.165) is 6.42 Å². The smallest absolute Gasteiger partial charge is 1.00 e. The van der Waals surface area contributed by atoms with E-state index >= 15 is 0 Å². The van der Waals surface area contributed by atoms with Gasteiger partial charge in [0.2, 0.25) is 0 Å². The minimum atomic E-state index is -1.41. The molecule has 0 amide bonds. The van der Waals surface area contributed by atoms with Gasteiger partial charge in [-0.05, 0) is 0 Å². The van der Waals surface area contributed by atoms with Gasteiger partial charge in [0.1, 0.15) is 0 Å². The van der Waals surface area contributed by atoms with Crippen LogP contribution in [0.5, 0.6) is 0 Å². The Bertz CT molecular complexity index is 298. The second-order valence-corrected chi connectivity index (χ2v) is 13.9. The van der Waals surface area contributed by atoms with Crippen molar-refractivity contribution in [1.82, 2.24) is 0 Å². The van der Waals surface area contributed by atoms with Crippen LogP contribution < -0.4 is 24.8 Å². The summed E-state index contributed by atoms with van der Waals surface area (Å²) in [5, 5.41) is 0. The second kappa shape index (κ2) is 8.36. The molecule has 17 heavy (non-hydrogen) atoms. The van der Waals surface area contributed by atoms with Gasteiger partial charge in [-0.2, -0.15) is 0 Å². The predicted octanol–water partition coefficient (Wildman–Crippen LogP) is -3.00. The fourth-order valence-electron chi connectivity index (χ4n) is 1.73. The van der Waals surface area contributed by atoms with Crippen LogP contribution in [-0.4, -0.2) is 22.8 Å². The van der Waals surface area contributed by atoms with Crippen LogP contribution in [0.3, 0.4) is 0 Å². The number of rotatable bonds is 4. The molecule has 0 fully saturated rings. The fourth-order valence-corrected chi connectivity index (χ4v) is 6.76. The third kappa shape index (κ3) is 6.76. The van der Waals surface area contributed by atoms with Crippen molar-refractivity contribution >= 4 is 17.1 Å². The number of allylic oxidation sites excluding steroid dienone is 2. The van der Waals surface area contributed by atoms with Gasteiger partial charge in [0.25, 0.3) is 0 Å². The molecule has 0 aliphatic heterocycles. The van der Waals surface area contributed by atoms with E-state index in [9.17, 15) is 0 Å². The van der Waals surface area contributed by atoms with E-state index < -0.39 is 17.1 Å². The Morgan fingerprint density at radius 2 is 1.82 bits per heavy atom. The van der Waals surface area contributed by atoms with Crippen LogP contribution in [-0.2, 0) is 24.9 Å². The average molecular weight is 344 g/mol. The molecule has 0 heterocycles. The Kier molecular flexibility index (Phi) is 10.1. The zero-order valence-electron chi connectivity index (χ0n) is 11.2. The van der Waals surface area contributed by atoms with Gasteiger partial charge >= 0.3 is 108 Å². The van der Waals surface area contributed by atoms with E-state index in [2.05, 4.69) is 65.3 Å². The van der Waals surface area contributed by atoms with Crippen LogP contribution in [0.4, 0.5) is 0 Å². The van der Waals surface area contributed by atoms with Gasteiger partial charge in [0, 0.05) is 0 Å². The monoisotopic (exact) mass is 343 g/mol. The van der Waals surface area contributed by atoms with Gasteiger partial charge in [0.05, 0.1) is 0 Å². The van der Waals surface area contributed by atoms with Crippen molar-refractivity contribution in [2.24, 2.45) is 0 Å². The van der Waals surface area contributed by atoms with Crippen molar-refractivity contribution in [1.29, 1.82) is 0 Å². The third-order valence-corrected chi connectivity index (χ3v) is 6.07. The molecule has 0 aromatic carbocycles. The molecule has 0 aromatic heterocycles. The summed E-state index contributed by atoms with van der Waals surface area (Å²) in [6.07, 6.45) is 5.68. The van der Waals surface area contributed by atoms with E-state index in [1.807, 2.05) is 0 Å². The van der Waals surface area contributed by atoms with Gasteiger partial charge in [-0.25, -0.2) is 0 Å². The largest absolute Gasteiger partial charge is 1.00 e. The van der Waals surface area contributed by atoms with E-state index in [-0.39, 0.29) is 24.8 Å². The van der Waals surface area contributed by atoms with E-state index in [0.29, 0.717) is 5.73 Å². The van der Waals surface area contributed by atoms with E-state index in [1.54, 1.807) is 0 Å². The third-order valence-electron chi connectivity index (χ3n) is 2.36. The second-order valence-electron chi connectivity index (χ2n) is 5.44. The summed E-state index contributed by atoms with van der Waals surface area (Å²) >= 11 is 2.24. The Balaban J connectivity index is 0. The number of hydrogen-bond donors (Lipinski definition) is 0. The van der Waals surface area contributed by atoms with Crippen molar-refractivity contribution in [3.05, 3.63) is 21.6 Å². The molecule has 0 saturated heterocycles. The maximum atomic E-state index is 6.35. The molecule has 1 rings (SSSR count). The average Bonchev–Trinajstić information content (AvgIpc) is 2.45. The molecule has 1 aliphatic rings. The Hall–Kier alpha value is 1.17. The van der Waals surface area contributed by atoms with Crippen LogP contribution in [0, 0.1) is 0 Å². The van der Waals surface area contributed by atoms with Crippen LogP contribution in [0.2, 0.25) is 32.7 Å². The van der Waals surface area contributed by atoms with Crippen molar-refractivity contribution in [3.63, 3.8) is 0 Å². The van der Waals surface area contributed by atoms with Crippen molar-refractivity contribution in [3.8, 4) is 0 Å². The van der Waals surface area contributed by atoms with Gasteiger partial charge in [0.15, 0.2) is 0 Å². The Morgan fingerprint density at radius 1 is 1.29 bits per heavy atom. The van der Waals surface area contributed by atoms with Gasteiger partial charge < -0.3 is 24.8 Å². The normalized spacial score (nSPS) is 16.9. The fraction of sp³-hybridized carbons (Fsp3) is 0.636. The van der Waals surface area contributed by atoms with Crippen molar-refractivity contribution in [2.75, 3.05) is 0 Å². The standard InChI is InChI=1S/C11H21OSi2.2ClH.Ti/c1-13(2)11(12-14(3,4)5)10-8-6-7-9-10;;;/h6,8,11,13H,7H2,1-5H3;2*1H;/q;;;+2/p-2. The first-order valence-electron chi connectivity index (χ1n) is 5.60. The van der Waals surface area contributed by atoms with E-state index in [4.69, 9.17) is 4.43 Å². The molecule has 0 N–H and O–H groups in total. The van der Waals surface area contributed by atoms with Crippen molar-refractivity contribution in [2.45, 2.75) is 44.9 Å². The molecule has 1 aliphatic carbocycles. The minimum absolute atomic E-state index is 0. The molecule has 0 radical (unpaired) electrons. The molecular weight excluding hydrogens is 323 g/mol. The Labute approximate surface area is 132 Å². The Morgan fingerprint density at radius 3 is 2.12 bits per heavy atom. The van der Waals surface area contributed by atoms with Gasteiger partial charge in [-0.15, -0.1) is 0 Å². The zero-order valence-corrected chi connectivity index (χ0v) is 16.4. The quantitative estimate of drug-likeness (QED) is 0.494. The summed E-state index contributed by atoms with van der Waals surface area (Å²) < 4.78 is 7.86. The molecule has 1 unspecified atom stereocenters. The maximum Gasteiger partial charge on any atom is -1.00 e. The summed E-state index contributed by atoms with van der Waals surface area (Å²) in [6, 6.07) is 0. The summed E-state index contributed by atoms with van der Waals surface area (Å²) in [7, 11) is -2.19. The molecule has 0 bridgehead atoms. The molecule has 0 saturated carbocycles. The molecule has 6 heteroatoms. The van der Waals surface area contributed by atoms with Crippen LogP contribution >= 0.6 is 0 Å². The van der Waals surface area contributed by atoms with Gasteiger partial charge in [-0.3, -0.25) is 0 Å². The number of hydrogen-bond acceptors (Lipinski definition) is 1. The van der Waals surface area contributed by atoms with Gasteiger partial charge in [-0.1, -0.05) is 0 Å². The van der Waals surface area contributed by atoms with Crippen LogP contribution in [0.25, 0.3) is 0 Å². The molecule has 1 atom stereocenters. The molecule has 97 valence electrons. The summed E-state index contributed by atoms with van der Waals surface area (Å²) in [4.78, 5) is 0. The topological polar surface area (TPSA) is 9.23 Å². The summed E-state index contributed by atoms with van der Waals surface area (Å²) in [5.41, 5.74) is 1.93. The first kappa shape index (κ1) is 20.5. The number of halogens is 2. The van der Waals surface area contributed by atoms with Crippen LogP contribution in [0.15, 0.2) is 21.6 Å². The van der Waals surface area contributed by atoms with E-state index in [1.165, 1.54) is 9.45 Å². The predicted molar refractivity (Wildman–Crippen MR) is 67.9 cm³/mol. The SMILES string of the molecule is C[SiH](C)C(O[Si](C)(C)C)C1=[C]([Ti+2])CC=C1.[Cl-].[Cl-]. The maximum absolute atomic E-state index is 6.35. The van der Waals surface area contributed by atoms with Crippen LogP contribution in [0.1, 0.15) is 6.42 Å². The minimum Gasteiger partial charge on any atom is -1.00 e.